The van der Waals surface area contributed by atoms with E-state index in [0.717, 1.165) is 44.6 Å². The Bertz CT molecular complexity index is 680. The van der Waals surface area contributed by atoms with Crippen LogP contribution < -0.4 is 10.6 Å². The van der Waals surface area contributed by atoms with E-state index >= 15 is 0 Å². The molecular weight excluding hydrogens is 425 g/mol. The minimum atomic E-state index is 0. The summed E-state index contributed by atoms with van der Waals surface area (Å²) in [6.45, 7) is 3.40. The molecule has 0 heterocycles. The number of benzene rings is 2. The number of rotatable bonds is 8. The topological polar surface area (TPSA) is 45.7 Å². The van der Waals surface area contributed by atoms with Crippen molar-refractivity contribution in [2.75, 3.05) is 26.8 Å². The van der Waals surface area contributed by atoms with Gasteiger partial charge >= 0.3 is 0 Å². The Kier molecular flexibility index (Phi) is 8.48. The van der Waals surface area contributed by atoms with Gasteiger partial charge in [0.25, 0.3) is 0 Å². The first kappa shape index (κ1) is 20.0. The van der Waals surface area contributed by atoms with Crippen molar-refractivity contribution in [3.05, 3.63) is 48.0 Å². The summed E-state index contributed by atoms with van der Waals surface area (Å²) in [5.41, 5.74) is 1.28. The Morgan fingerprint density at radius 1 is 1.12 bits per heavy atom. The van der Waals surface area contributed by atoms with E-state index in [9.17, 15) is 0 Å². The third-order valence-corrected chi connectivity index (χ3v) is 4.36. The van der Waals surface area contributed by atoms with Crippen LogP contribution >= 0.6 is 24.0 Å². The largest absolute Gasteiger partial charge is 0.381 e. The summed E-state index contributed by atoms with van der Waals surface area (Å²) >= 11 is 0. The predicted octanol–water partition coefficient (Wildman–Crippen LogP) is 3.94. The predicted molar refractivity (Wildman–Crippen MR) is 116 cm³/mol. The second-order valence-electron chi connectivity index (χ2n) is 6.36. The molecule has 0 unspecified atom stereocenters. The molecule has 0 bridgehead atoms. The van der Waals surface area contributed by atoms with Gasteiger partial charge < -0.3 is 15.4 Å². The third-order valence-electron chi connectivity index (χ3n) is 4.36. The van der Waals surface area contributed by atoms with Crippen LogP contribution in [0.5, 0.6) is 0 Å². The Hall–Kier alpha value is -1.34. The Balaban J connectivity index is 0.00000225. The minimum Gasteiger partial charge on any atom is -0.381 e. The van der Waals surface area contributed by atoms with Gasteiger partial charge in [0.05, 0.1) is 0 Å². The monoisotopic (exact) mass is 453 g/mol. The molecule has 0 radical (unpaired) electrons. The summed E-state index contributed by atoms with van der Waals surface area (Å²) < 4.78 is 5.65. The van der Waals surface area contributed by atoms with Crippen LogP contribution in [0.3, 0.4) is 0 Å². The lowest BCUT2D eigenvalue weighted by Gasteiger charge is -2.13. The van der Waals surface area contributed by atoms with E-state index in [1.54, 1.807) is 0 Å². The second-order valence-corrected chi connectivity index (χ2v) is 6.36. The highest BCUT2D eigenvalue weighted by Gasteiger charge is 2.20. The lowest BCUT2D eigenvalue weighted by Crippen LogP contribution is -2.37. The zero-order chi connectivity index (χ0) is 16.6. The van der Waals surface area contributed by atoms with Gasteiger partial charge in [-0.05, 0) is 41.5 Å². The highest BCUT2D eigenvalue weighted by atomic mass is 127. The summed E-state index contributed by atoms with van der Waals surface area (Å²) in [5.74, 6) is 1.68. The summed E-state index contributed by atoms with van der Waals surface area (Å²) in [7, 11) is 1.81. The fraction of sp³-hybridized carbons (Fsp3) is 0.450. The molecule has 0 aromatic heterocycles. The zero-order valence-corrected chi connectivity index (χ0v) is 17.2. The van der Waals surface area contributed by atoms with E-state index < -0.39 is 0 Å². The molecular formula is C20H28IN3O. The van der Waals surface area contributed by atoms with Crippen LogP contribution in [0.25, 0.3) is 10.8 Å². The van der Waals surface area contributed by atoms with E-state index in [1.807, 2.05) is 7.05 Å². The van der Waals surface area contributed by atoms with Crippen molar-refractivity contribution >= 4 is 40.7 Å². The molecule has 1 saturated carbocycles. The Labute approximate surface area is 167 Å². The number of hydrogen-bond donors (Lipinski definition) is 2. The maximum absolute atomic E-state index is 5.65. The van der Waals surface area contributed by atoms with Crippen molar-refractivity contribution in [1.29, 1.82) is 0 Å². The average molecular weight is 453 g/mol. The fourth-order valence-corrected chi connectivity index (χ4v) is 2.76. The van der Waals surface area contributed by atoms with Crippen LogP contribution in [0, 0.1) is 5.92 Å². The van der Waals surface area contributed by atoms with Crippen molar-refractivity contribution in [3.8, 4) is 0 Å². The number of fused-ring (bicyclic) bond motifs is 1. The van der Waals surface area contributed by atoms with Gasteiger partial charge in [0.1, 0.15) is 0 Å². The van der Waals surface area contributed by atoms with Gasteiger partial charge in [0, 0.05) is 33.4 Å². The first-order chi connectivity index (χ1) is 11.9. The fourth-order valence-electron chi connectivity index (χ4n) is 2.76. The van der Waals surface area contributed by atoms with Crippen molar-refractivity contribution in [2.24, 2.45) is 10.9 Å². The number of nitrogens with one attached hydrogen (secondary N) is 2. The molecule has 4 nitrogen and oxygen atoms in total. The normalized spacial score (nSPS) is 14.2. The highest BCUT2D eigenvalue weighted by Crippen LogP contribution is 2.28. The lowest BCUT2D eigenvalue weighted by molar-refractivity contribution is 0.123. The van der Waals surface area contributed by atoms with Crippen molar-refractivity contribution in [3.63, 3.8) is 0 Å². The van der Waals surface area contributed by atoms with Crippen LogP contribution in [-0.4, -0.2) is 32.8 Å². The molecule has 25 heavy (non-hydrogen) atoms. The lowest BCUT2D eigenvalue weighted by atomic mass is 10.0. The Morgan fingerprint density at radius 2 is 1.92 bits per heavy atom. The van der Waals surface area contributed by atoms with E-state index in [-0.39, 0.29) is 24.0 Å². The Morgan fingerprint density at radius 3 is 2.72 bits per heavy atom. The quantitative estimate of drug-likeness (QED) is 0.276. The summed E-state index contributed by atoms with van der Waals surface area (Å²) in [6, 6.07) is 14.9. The summed E-state index contributed by atoms with van der Waals surface area (Å²) in [5, 5.41) is 9.30. The van der Waals surface area contributed by atoms with Crippen LogP contribution in [0.4, 0.5) is 0 Å². The maximum atomic E-state index is 5.65. The number of guanidine groups is 1. The molecule has 0 spiro atoms. The van der Waals surface area contributed by atoms with Gasteiger partial charge in [-0.1, -0.05) is 42.5 Å². The number of ether oxygens (including phenoxy) is 1. The standard InChI is InChI=1S/C20H27N3O.HI/c1-21-20(22-12-5-13-24-15-16-10-11-16)23-14-18-8-4-7-17-6-2-3-9-19(17)18;/h2-4,6-9,16H,5,10-15H2,1H3,(H2,21,22,23);1H. The van der Waals surface area contributed by atoms with E-state index in [4.69, 9.17) is 4.74 Å². The van der Waals surface area contributed by atoms with Gasteiger partial charge in [0.15, 0.2) is 5.96 Å². The molecule has 0 amide bonds. The first-order valence-electron chi connectivity index (χ1n) is 8.85. The molecule has 5 heteroatoms. The second kappa shape index (κ2) is 10.6. The van der Waals surface area contributed by atoms with Crippen LogP contribution in [-0.2, 0) is 11.3 Å². The molecule has 1 fully saturated rings. The van der Waals surface area contributed by atoms with E-state index in [0.29, 0.717) is 0 Å². The number of halogens is 1. The third kappa shape index (κ3) is 6.47. The summed E-state index contributed by atoms with van der Waals surface area (Å²) in [4.78, 5) is 4.29. The van der Waals surface area contributed by atoms with Gasteiger partial charge in [-0.2, -0.15) is 0 Å². The van der Waals surface area contributed by atoms with E-state index in [2.05, 4.69) is 58.1 Å². The highest BCUT2D eigenvalue weighted by molar-refractivity contribution is 14.0. The molecule has 2 aromatic rings. The molecule has 1 aliphatic rings. The molecule has 0 saturated heterocycles. The van der Waals surface area contributed by atoms with Crippen molar-refractivity contribution in [2.45, 2.75) is 25.8 Å². The number of aliphatic imine (C=N–C) groups is 1. The van der Waals surface area contributed by atoms with Crippen LogP contribution in [0.1, 0.15) is 24.8 Å². The van der Waals surface area contributed by atoms with Crippen molar-refractivity contribution in [1.82, 2.24) is 10.6 Å². The molecule has 0 atom stereocenters. The molecule has 1 aliphatic carbocycles. The van der Waals surface area contributed by atoms with Crippen LogP contribution in [0.2, 0.25) is 0 Å². The average Bonchev–Trinajstić information content (AvgIpc) is 3.45. The zero-order valence-electron chi connectivity index (χ0n) is 14.8. The van der Waals surface area contributed by atoms with Gasteiger partial charge in [-0.3, -0.25) is 4.99 Å². The first-order valence-corrected chi connectivity index (χ1v) is 8.85. The molecule has 3 rings (SSSR count). The van der Waals surface area contributed by atoms with Gasteiger partial charge in [-0.15, -0.1) is 24.0 Å². The van der Waals surface area contributed by atoms with Crippen LogP contribution in [0.15, 0.2) is 47.5 Å². The van der Waals surface area contributed by atoms with Crippen molar-refractivity contribution < 1.29 is 4.74 Å². The number of hydrogen-bond acceptors (Lipinski definition) is 2. The molecule has 136 valence electrons. The van der Waals surface area contributed by atoms with Gasteiger partial charge in [0.2, 0.25) is 0 Å². The molecule has 2 N–H and O–H groups in total. The molecule has 2 aromatic carbocycles. The maximum Gasteiger partial charge on any atom is 0.191 e. The van der Waals surface area contributed by atoms with E-state index in [1.165, 1.54) is 29.2 Å². The smallest absolute Gasteiger partial charge is 0.191 e. The summed E-state index contributed by atoms with van der Waals surface area (Å²) in [6.07, 6.45) is 3.70. The number of nitrogens with zero attached hydrogens (tertiary/aromatic N) is 1. The van der Waals surface area contributed by atoms with Gasteiger partial charge in [-0.25, -0.2) is 0 Å². The molecule has 0 aliphatic heterocycles. The SMILES string of the molecule is CN=C(NCCCOCC1CC1)NCc1cccc2ccccc12.I. The minimum absolute atomic E-state index is 0.